The molecule has 1 unspecified atom stereocenters. The van der Waals surface area contributed by atoms with Gasteiger partial charge in [0.2, 0.25) is 11.9 Å². The quantitative estimate of drug-likeness (QED) is 0.265. The summed E-state index contributed by atoms with van der Waals surface area (Å²) in [6.45, 7) is 0.139. The molecule has 1 aliphatic heterocycles. The van der Waals surface area contributed by atoms with Crippen LogP contribution in [0.4, 0.5) is 20.3 Å². The van der Waals surface area contributed by atoms with E-state index >= 15 is 0 Å². The lowest BCUT2D eigenvalue weighted by Gasteiger charge is -2.13. The summed E-state index contributed by atoms with van der Waals surface area (Å²) in [7, 11) is 0. The molecule has 0 saturated carbocycles. The molecule has 0 bridgehead atoms. The van der Waals surface area contributed by atoms with E-state index in [1.54, 1.807) is 30.3 Å². The number of nitrogens with one attached hydrogen (secondary N) is 1. The van der Waals surface area contributed by atoms with Gasteiger partial charge in [0.05, 0.1) is 16.1 Å². The van der Waals surface area contributed by atoms with E-state index in [-0.39, 0.29) is 23.7 Å². The average molecular weight is 508 g/mol. The van der Waals surface area contributed by atoms with E-state index < -0.39 is 17.7 Å². The summed E-state index contributed by atoms with van der Waals surface area (Å²) in [6, 6.07) is 13.7. The number of aldehydes is 1. The number of ketones is 1. The molecule has 5 rings (SSSR count). The van der Waals surface area contributed by atoms with Gasteiger partial charge in [-0.1, -0.05) is 23.7 Å². The van der Waals surface area contributed by atoms with Crippen molar-refractivity contribution in [3.63, 3.8) is 0 Å². The molecule has 36 heavy (non-hydrogen) atoms. The van der Waals surface area contributed by atoms with Crippen molar-refractivity contribution < 1.29 is 27.8 Å². The minimum Gasteiger partial charge on any atom is -0.487 e. The third-order valence-corrected chi connectivity index (χ3v) is 5.69. The van der Waals surface area contributed by atoms with Crippen LogP contribution in [-0.2, 0) is 20.9 Å². The van der Waals surface area contributed by atoms with Crippen LogP contribution in [0.2, 0.25) is 5.02 Å². The summed E-state index contributed by atoms with van der Waals surface area (Å²) in [5.74, 6) is -0.871. The lowest BCUT2D eigenvalue weighted by molar-refractivity contribution is -0.126. The lowest BCUT2D eigenvalue weighted by atomic mass is 10.1. The molecular weight excluding hydrogens is 492 g/mol. The SMILES string of the molecule is O=CC1OC(c2cc3c(Nc4ccc(OCc5cccc(F)c5)c(Cl)c4)ncnc3cc2F)=CC1=O. The molecule has 0 fully saturated rings. The van der Waals surface area contributed by atoms with E-state index in [2.05, 4.69) is 15.3 Å². The molecule has 1 atom stereocenters. The zero-order chi connectivity index (χ0) is 25.2. The Morgan fingerprint density at radius 1 is 1.11 bits per heavy atom. The van der Waals surface area contributed by atoms with Gasteiger partial charge >= 0.3 is 0 Å². The maximum atomic E-state index is 14.7. The van der Waals surface area contributed by atoms with E-state index in [0.717, 1.165) is 6.08 Å². The first-order valence-electron chi connectivity index (χ1n) is 10.7. The van der Waals surface area contributed by atoms with Gasteiger partial charge in [-0.3, -0.25) is 9.59 Å². The van der Waals surface area contributed by atoms with Crippen molar-refractivity contribution in [2.45, 2.75) is 12.7 Å². The number of nitrogens with zero attached hydrogens (tertiary/aromatic N) is 2. The second-order valence-electron chi connectivity index (χ2n) is 7.85. The molecule has 7 nitrogen and oxygen atoms in total. The first kappa shape index (κ1) is 23.4. The minimum absolute atomic E-state index is 0.00261. The van der Waals surface area contributed by atoms with Gasteiger partial charge in [0.15, 0.2) is 6.29 Å². The molecule has 0 aliphatic carbocycles. The van der Waals surface area contributed by atoms with Gasteiger partial charge in [-0.25, -0.2) is 18.7 Å². The fourth-order valence-electron chi connectivity index (χ4n) is 3.66. The number of ether oxygens (including phenoxy) is 2. The van der Waals surface area contributed by atoms with Crippen LogP contribution in [0.1, 0.15) is 11.1 Å². The van der Waals surface area contributed by atoms with Crippen molar-refractivity contribution in [3.8, 4) is 5.75 Å². The number of carbonyl (C=O) groups is 2. The molecule has 1 aromatic heterocycles. The number of rotatable bonds is 7. The molecule has 1 aliphatic rings. The van der Waals surface area contributed by atoms with Crippen molar-refractivity contribution in [2.75, 3.05) is 5.32 Å². The summed E-state index contributed by atoms with van der Waals surface area (Å²) in [6.07, 6.45) is 1.43. The number of halogens is 3. The normalized spacial score (nSPS) is 14.9. The third kappa shape index (κ3) is 4.73. The van der Waals surface area contributed by atoms with Crippen LogP contribution in [0.25, 0.3) is 16.7 Å². The molecule has 0 amide bonds. The minimum atomic E-state index is -1.29. The van der Waals surface area contributed by atoms with Gasteiger partial charge in [-0.05, 0) is 42.0 Å². The van der Waals surface area contributed by atoms with Crippen molar-refractivity contribution in [1.82, 2.24) is 9.97 Å². The molecule has 2 heterocycles. The molecule has 10 heteroatoms. The predicted molar refractivity (Wildman–Crippen MR) is 129 cm³/mol. The van der Waals surface area contributed by atoms with Crippen molar-refractivity contribution in [1.29, 1.82) is 0 Å². The van der Waals surface area contributed by atoms with E-state index in [0.29, 0.717) is 45.0 Å². The second kappa shape index (κ2) is 9.71. The molecular formula is C26H16ClF2N3O4. The molecule has 3 aromatic carbocycles. The highest BCUT2D eigenvalue weighted by Gasteiger charge is 2.29. The fourth-order valence-corrected chi connectivity index (χ4v) is 3.90. The third-order valence-electron chi connectivity index (χ3n) is 5.40. The molecule has 0 spiro atoms. The first-order valence-corrected chi connectivity index (χ1v) is 11.0. The molecule has 0 radical (unpaired) electrons. The number of hydrogen-bond donors (Lipinski definition) is 1. The highest BCUT2D eigenvalue weighted by Crippen LogP contribution is 2.33. The zero-order valence-corrected chi connectivity index (χ0v) is 19.1. The monoisotopic (exact) mass is 507 g/mol. The number of anilines is 2. The van der Waals surface area contributed by atoms with Gasteiger partial charge < -0.3 is 14.8 Å². The second-order valence-corrected chi connectivity index (χ2v) is 8.25. The Morgan fingerprint density at radius 2 is 1.97 bits per heavy atom. The van der Waals surface area contributed by atoms with E-state index in [1.807, 2.05) is 0 Å². The van der Waals surface area contributed by atoms with Gasteiger partial charge in [-0.2, -0.15) is 0 Å². The van der Waals surface area contributed by atoms with E-state index in [1.165, 1.54) is 30.6 Å². The van der Waals surface area contributed by atoms with E-state index in [4.69, 9.17) is 21.1 Å². The Kier molecular flexibility index (Phi) is 6.30. The molecule has 0 saturated heterocycles. The van der Waals surface area contributed by atoms with Crippen molar-refractivity contribution in [2.24, 2.45) is 0 Å². The number of hydrogen-bond acceptors (Lipinski definition) is 7. The lowest BCUT2D eigenvalue weighted by Crippen LogP contribution is -2.17. The Labute approximate surface area is 208 Å². The van der Waals surface area contributed by atoms with E-state index in [9.17, 15) is 18.4 Å². The first-order chi connectivity index (χ1) is 17.4. The fraction of sp³-hybridized carbons (Fsp3) is 0.0769. The van der Waals surface area contributed by atoms with Crippen LogP contribution in [0.15, 0.2) is 67.0 Å². The highest BCUT2D eigenvalue weighted by molar-refractivity contribution is 6.32. The number of benzene rings is 3. The van der Waals surface area contributed by atoms with Crippen LogP contribution in [0.3, 0.4) is 0 Å². The summed E-state index contributed by atoms with van der Waals surface area (Å²) in [5, 5.41) is 3.87. The Hall–Kier alpha value is -4.37. The maximum Gasteiger partial charge on any atom is 0.215 e. The molecule has 1 N–H and O–H groups in total. The Morgan fingerprint density at radius 3 is 2.72 bits per heavy atom. The summed E-state index contributed by atoms with van der Waals surface area (Å²) in [5.41, 5.74) is 1.53. The van der Waals surface area contributed by atoms with Gasteiger partial charge in [-0.15, -0.1) is 0 Å². The number of carbonyl (C=O) groups excluding carboxylic acids is 2. The van der Waals surface area contributed by atoms with Crippen LogP contribution in [0.5, 0.6) is 5.75 Å². The molecule has 180 valence electrons. The highest BCUT2D eigenvalue weighted by atomic mass is 35.5. The van der Waals surface area contributed by atoms with Crippen molar-refractivity contribution >= 4 is 51.8 Å². The van der Waals surface area contributed by atoms with Crippen molar-refractivity contribution in [3.05, 3.63) is 94.8 Å². The van der Waals surface area contributed by atoms with Gasteiger partial charge in [0.25, 0.3) is 0 Å². The summed E-state index contributed by atoms with van der Waals surface area (Å²) in [4.78, 5) is 31.2. The molecule has 4 aromatic rings. The number of fused-ring (bicyclic) bond motifs is 1. The number of aromatic nitrogens is 2. The Balaban J connectivity index is 1.40. The topological polar surface area (TPSA) is 90.4 Å². The smallest absolute Gasteiger partial charge is 0.215 e. The van der Waals surface area contributed by atoms with Crippen LogP contribution < -0.4 is 10.1 Å². The van der Waals surface area contributed by atoms with Gasteiger partial charge in [0, 0.05) is 23.2 Å². The van der Waals surface area contributed by atoms with Crippen LogP contribution >= 0.6 is 11.6 Å². The van der Waals surface area contributed by atoms with Crippen LogP contribution in [0, 0.1) is 11.6 Å². The standard InChI is InChI=1S/C26H16ClF2N3O4/c27-19-7-16(4-5-23(19)35-12-14-2-1-3-15(28)6-14)32-26-18-8-17(20(29)9-21(18)30-13-31-26)24-10-22(34)25(11-33)36-24/h1-11,13,25H,12H2,(H,30,31,32). The van der Waals surface area contributed by atoms with Gasteiger partial charge in [0.1, 0.15) is 41.9 Å². The predicted octanol–water partition coefficient (Wildman–Crippen LogP) is 5.39. The maximum absolute atomic E-state index is 14.7. The zero-order valence-electron chi connectivity index (χ0n) is 18.4. The summed E-state index contributed by atoms with van der Waals surface area (Å²) < 4.78 is 39.1. The summed E-state index contributed by atoms with van der Waals surface area (Å²) >= 11 is 6.38. The largest absolute Gasteiger partial charge is 0.487 e. The van der Waals surface area contributed by atoms with Crippen LogP contribution in [-0.4, -0.2) is 28.1 Å². The Bertz CT molecular complexity index is 1540. The average Bonchev–Trinajstić information content (AvgIpc) is 3.23.